The number of sulfonamides is 1. The highest BCUT2D eigenvalue weighted by Crippen LogP contribution is 2.24. The standard InChI is InChI=1S/C18H29N3O3S/c1-3-5-7-9-14-21(15-10-8-6-4-2)25(22,23)17-13-11-12-16-18(17)20-24-19-16/h11-13H,3-10,14-15H2,1-2H3. The van der Waals surface area contributed by atoms with Crippen LogP contribution in [0.3, 0.4) is 0 Å². The summed E-state index contributed by atoms with van der Waals surface area (Å²) in [5.41, 5.74) is 0.785. The zero-order valence-electron chi connectivity index (χ0n) is 15.3. The summed E-state index contributed by atoms with van der Waals surface area (Å²) >= 11 is 0. The number of fused-ring (bicyclic) bond motifs is 1. The third-order valence-corrected chi connectivity index (χ3v) is 6.32. The lowest BCUT2D eigenvalue weighted by Gasteiger charge is -2.22. The van der Waals surface area contributed by atoms with Crippen LogP contribution in [-0.4, -0.2) is 36.1 Å². The maximum atomic E-state index is 13.2. The Morgan fingerprint density at radius 3 is 2.16 bits per heavy atom. The van der Waals surface area contributed by atoms with Crippen molar-refractivity contribution in [2.75, 3.05) is 13.1 Å². The van der Waals surface area contributed by atoms with E-state index in [4.69, 9.17) is 4.63 Å². The molecule has 0 bridgehead atoms. The molecule has 0 aliphatic carbocycles. The first kappa shape index (κ1) is 19.8. The van der Waals surface area contributed by atoms with Crippen LogP contribution in [0.15, 0.2) is 27.7 Å². The number of aromatic nitrogens is 2. The van der Waals surface area contributed by atoms with Crippen LogP contribution in [0.5, 0.6) is 0 Å². The summed E-state index contributed by atoms with van der Waals surface area (Å²) in [4.78, 5) is 0.192. The second kappa shape index (κ2) is 9.87. The van der Waals surface area contributed by atoms with Gasteiger partial charge < -0.3 is 0 Å². The summed E-state index contributed by atoms with van der Waals surface area (Å²) in [6, 6.07) is 4.98. The van der Waals surface area contributed by atoms with Crippen LogP contribution in [0.25, 0.3) is 11.0 Å². The molecule has 0 aliphatic rings. The molecule has 2 aromatic rings. The largest absolute Gasteiger partial charge is 0.245 e. The lowest BCUT2D eigenvalue weighted by atomic mass is 10.2. The van der Waals surface area contributed by atoms with Crippen molar-refractivity contribution in [3.8, 4) is 0 Å². The van der Waals surface area contributed by atoms with Crippen LogP contribution in [0, 0.1) is 0 Å². The molecule has 0 saturated carbocycles. The van der Waals surface area contributed by atoms with Crippen molar-refractivity contribution in [3.05, 3.63) is 18.2 Å². The second-order valence-electron chi connectivity index (χ2n) is 6.41. The van der Waals surface area contributed by atoms with Crippen molar-refractivity contribution in [2.24, 2.45) is 0 Å². The SMILES string of the molecule is CCCCCCN(CCCCCC)S(=O)(=O)c1cccc2nonc12. The summed E-state index contributed by atoms with van der Waals surface area (Å²) < 4.78 is 32.7. The predicted octanol–water partition coefficient (Wildman–Crippen LogP) is 4.37. The van der Waals surface area contributed by atoms with Crippen molar-refractivity contribution in [1.29, 1.82) is 0 Å². The van der Waals surface area contributed by atoms with Gasteiger partial charge in [0.15, 0.2) is 5.52 Å². The molecule has 0 spiro atoms. The third-order valence-electron chi connectivity index (χ3n) is 4.39. The summed E-state index contributed by atoms with van der Waals surface area (Å²) in [5, 5.41) is 7.55. The van der Waals surface area contributed by atoms with E-state index in [0.717, 1.165) is 51.4 Å². The Kier molecular flexibility index (Phi) is 7.84. The van der Waals surface area contributed by atoms with Gasteiger partial charge in [-0.05, 0) is 35.3 Å². The third kappa shape index (κ3) is 5.25. The molecule has 7 heteroatoms. The maximum absolute atomic E-state index is 13.2. The van der Waals surface area contributed by atoms with E-state index in [1.165, 1.54) is 0 Å². The van der Waals surface area contributed by atoms with Crippen molar-refractivity contribution < 1.29 is 13.0 Å². The van der Waals surface area contributed by atoms with E-state index >= 15 is 0 Å². The second-order valence-corrected chi connectivity index (χ2v) is 8.32. The van der Waals surface area contributed by atoms with Crippen LogP contribution in [0.1, 0.15) is 65.2 Å². The highest BCUT2D eigenvalue weighted by Gasteiger charge is 2.27. The van der Waals surface area contributed by atoms with Gasteiger partial charge in [-0.2, -0.15) is 4.31 Å². The molecular formula is C18H29N3O3S. The van der Waals surface area contributed by atoms with E-state index in [1.54, 1.807) is 22.5 Å². The van der Waals surface area contributed by atoms with Crippen molar-refractivity contribution in [3.63, 3.8) is 0 Å². The van der Waals surface area contributed by atoms with Crippen LogP contribution in [0.2, 0.25) is 0 Å². The summed E-state index contributed by atoms with van der Waals surface area (Å²) in [6.45, 7) is 5.40. The first-order chi connectivity index (χ1) is 12.1. The van der Waals surface area contributed by atoms with E-state index < -0.39 is 10.0 Å². The number of hydrogen-bond donors (Lipinski definition) is 0. The Labute approximate surface area is 150 Å². The Balaban J connectivity index is 2.18. The molecule has 0 N–H and O–H groups in total. The molecule has 0 aliphatic heterocycles. The van der Waals surface area contributed by atoms with Gasteiger partial charge in [0, 0.05) is 13.1 Å². The summed E-state index contributed by atoms with van der Waals surface area (Å²) in [7, 11) is -3.60. The molecule has 0 unspecified atom stereocenters. The smallest absolute Gasteiger partial charge is 0.243 e. The number of benzene rings is 1. The molecule has 0 amide bonds. The minimum absolute atomic E-state index is 0.192. The first-order valence-corrected chi connectivity index (χ1v) is 10.8. The topological polar surface area (TPSA) is 76.3 Å². The van der Waals surface area contributed by atoms with E-state index in [9.17, 15) is 8.42 Å². The van der Waals surface area contributed by atoms with E-state index in [-0.39, 0.29) is 4.90 Å². The van der Waals surface area contributed by atoms with Crippen LogP contribution in [-0.2, 0) is 10.0 Å². The van der Waals surface area contributed by atoms with Crippen LogP contribution < -0.4 is 0 Å². The molecule has 2 rings (SSSR count). The number of nitrogens with zero attached hydrogens (tertiary/aromatic N) is 3. The van der Waals surface area contributed by atoms with Gasteiger partial charge in [-0.3, -0.25) is 0 Å². The molecule has 25 heavy (non-hydrogen) atoms. The number of rotatable bonds is 12. The quantitative estimate of drug-likeness (QED) is 0.521. The summed E-state index contributed by atoms with van der Waals surface area (Å²) in [6.07, 6.45) is 8.39. The molecule has 0 saturated heterocycles. The van der Waals surface area contributed by atoms with Gasteiger partial charge in [-0.15, -0.1) is 0 Å². The average Bonchev–Trinajstić information content (AvgIpc) is 3.08. The summed E-state index contributed by atoms with van der Waals surface area (Å²) in [5.74, 6) is 0. The maximum Gasteiger partial charge on any atom is 0.245 e. The molecule has 0 fully saturated rings. The van der Waals surface area contributed by atoms with Gasteiger partial charge in [0.25, 0.3) is 0 Å². The van der Waals surface area contributed by atoms with Gasteiger partial charge >= 0.3 is 0 Å². The fraction of sp³-hybridized carbons (Fsp3) is 0.667. The minimum atomic E-state index is -3.60. The molecule has 1 aromatic heterocycles. The van der Waals surface area contributed by atoms with Gasteiger partial charge in [0.1, 0.15) is 10.4 Å². The average molecular weight is 368 g/mol. The highest BCUT2D eigenvalue weighted by atomic mass is 32.2. The van der Waals surface area contributed by atoms with E-state index in [0.29, 0.717) is 24.1 Å². The Morgan fingerprint density at radius 1 is 0.920 bits per heavy atom. The lowest BCUT2D eigenvalue weighted by molar-refractivity contribution is 0.315. The Morgan fingerprint density at radius 2 is 1.56 bits per heavy atom. The normalized spacial score (nSPS) is 12.3. The number of unbranched alkanes of at least 4 members (excludes halogenated alkanes) is 6. The zero-order valence-corrected chi connectivity index (χ0v) is 16.1. The molecule has 1 aromatic carbocycles. The molecule has 1 heterocycles. The molecule has 0 atom stereocenters. The van der Waals surface area contributed by atoms with Gasteiger partial charge in [-0.1, -0.05) is 58.4 Å². The fourth-order valence-electron chi connectivity index (χ4n) is 2.91. The van der Waals surface area contributed by atoms with E-state index in [1.807, 2.05) is 0 Å². The van der Waals surface area contributed by atoms with Crippen molar-refractivity contribution in [2.45, 2.75) is 70.1 Å². The van der Waals surface area contributed by atoms with Gasteiger partial charge in [0.05, 0.1) is 0 Å². The van der Waals surface area contributed by atoms with Gasteiger partial charge in [0.2, 0.25) is 10.0 Å². The predicted molar refractivity (Wildman–Crippen MR) is 98.8 cm³/mol. The van der Waals surface area contributed by atoms with Crippen LogP contribution >= 0.6 is 0 Å². The monoisotopic (exact) mass is 367 g/mol. The molecule has 0 radical (unpaired) electrons. The van der Waals surface area contributed by atoms with E-state index in [2.05, 4.69) is 24.2 Å². The lowest BCUT2D eigenvalue weighted by Crippen LogP contribution is -2.33. The molecule has 6 nitrogen and oxygen atoms in total. The fourth-order valence-corrected chi connectivity index (χ4v) is 4.56. The van der Waals surface area contributed by atoms with Crippen LogP contribution in [0.4, 0.5) is 0 Å². The zero-order chi connectivity index (χ0) is 18.1. The minimum Gasteiger partial charge on any atom is -0.243 e. The Bertz CT molecular complexity index is 731. The molecular weight excluding hydrogens is 338 g/mol. The number of hydrogen-bond acceptors (Lipinski definition) is 5. The molecule has 140 valence electrons. The van der Waals surface area contributed by atoms with Crippen molar-refractivity contribution >= 4 is 21.1 Å². The highest BCUT2D eigenvalue weighted by molar-refractivity contribution is 7.89. The van der Waals surface area contributed by atoms with Gasteiger partial charge in [-0.25, -0.2) is 13.0 Å². The Hall–Kier alpha value is -1.47. The first-order valence-electron chi connectivity index (χ1n) is 9.32. The van der Waals surface area contributed by atoms with Crippen molar-refractivity contribution in [1.82, 2.24) is 14.6 Å².